The fourth-order valence-electron chi connectivity index (χ4n) is 5.60. The van der Waals surface area contributed by atoms with Gasteiger partial charge in [0, 0.05) is 31.1 Å². The summed E-state index contributed by atoms with van der Waals surface area (Å²) < 4.78 is 28.1. The van der Waals surface area contributed by atoms with Gasteiger partial charge in [0.15, 0.2) is 12.0 Å². The van der Waals surface area contributed by atoms with Crippen molar-refractivity contribution in [1.82, 2.24) is 14.2 Å². The molecule has 2 saturated heterocycles. The fraction of sp³-hybridized carbons (Fsp3) is 0.357. The molecule has 2 aliphatic rings. The Kier molecular flexibility index (Phi) is 7.02. The lowest BCUT2D eigenvalue weighted by molar-refractivity contribution is -0.646. The minimum Gasteiger partial charge on any atom is -0.618 e. The van der Waals surface area contributed by atoms with Crippen molar-refractivity contribution in [2.24, 2.45) is 5.92 Å². The number of likely N-dealkylation sites (tertiary alicyclic amines) is 1. The van der Waals surface area contributed by atoms with Crippen molar-refractivity contribution >= 4 is 21.7 Å². The highest BCUT2D eigenvalue weighted by atomic mass is 32.2. The van der Waals surface area contributed by atoms with E-state index in [1.807, 2.05) is 50.2 Å². The van der Waals surface area contributed by atoms with Gasteiger partial charge in [0.2, 0.25) is 5.91 Å². The number of sulfonamides is 1. The molecule has 38 heavy (non-hydrogen) atoms. The average molecular weight is 535 g/mol. The Hall–Kier alpha value is -3.63. The van der Waals surface area contributed by atoms with Crippen LogP contribution in [0.4, 0.5) is 0 Å². The van der Waals surface area contributed by atoms with Gasteiger partial charge >= 0.3 is 15.0 Å². The summed E-state index contributed by atoms with van der Waals surface area (Å²) in [6, 6.07) is 14.2. The van der Waals surface area contributed by atoms with Crippen molar-refractivity contribution in [2.45, 2.75) is 49.7 Å². The van der Waals surface area contributed by atoms with Gasteiger partial charge in [0.1, 0.15) is 6.04 Å². The summed E-state index contributed by atoms with van der Waals surface area (Å²) in [4.78, 5) is 32.8. The number of benzene rings is 1. The number of hydrogen-bond donors (Lipinski definition) is 0. The monoisotopic (exact) mass is 534 g/mol. The number of ketones is 1. The Balaban J connectivity index is 1.44. The molecule has 3 unspecified atom stereocenters. The molecule has 0 radical (unpaired) electrons. The Bertz CT molecular complexity index is 1460. The molecule has 0 bridgehead atoms. The lowest BCUT2D eigenvalue weighted by Crippen LogP contribution is -2.46. The van der Waals surface area contributed by atoms with Crippen LogP contribution in [0, 0.1) is 11.1 Å². The molecular weight excluding hydrogens is 504 g/mol. The van der Waals surface area contributed by atoms with Gasteiger partial charge in [0.05, 0.1) is 18.5 Å². The molecule has 0 aliphatic carbocycles. The zero-order chi connectivity index (χ0) is 27.0. The zero-order valence-electron chi connectivity index (χ0n) is 21.3. The van der Waals surface area contributed by atoms with Crippen LogP contribution in [0.3, 0.4) is 0 Å². The van der Waals surface area contributed by atoms with Crippen LogP contribution in [-0.2, 0) is 19.6 Å². The predicted octanol–water partition coefficient (Wildman–Crippen LogP) is 2.75. The van der Waals surface area contributed by atoms with E-state index in [-0.39, 0.29) is 30.7 Å². The number of Topliss-reactive ketones (excluding diaryl/α,β-unsaturated/α-hetero) is 1. The van der Waals surface area contributed by atoms with Crippen LogP contribution in [0.2, 0.25) is 0 Å². The summed E-state index contributed by atoms with van der Waals surface area (Å²) in [5, 5.41) is 11.8. The minimum atomic E-state index is -4.21. The Morgan fingerprint density at radius 2 is 1.87 bits per heavy atom. The van der Waals surface area contributed by atoms with E-state index in [2.05, 4.69) is 4.98 Å². The van der Waals surface area contributed by atoms with Crippen LogP contribution in [0.25, 0.3) is 11.1 Å². The molecule has 4 heterocycles. The van der Waals surface area contributed by atoms with E-state index in [0.717, 1.165) is 27.2 Å². The number of nitrogens with zero attached hydrogens (tertiary/aromatic N) is 4. The number of rotatable bonds is 7. The summed E-state index contributed by atoms with van der Waals surface area (Å²) >= 11 is 0. The highest BCUT2D eigenvalue weighted by Crippen LogP contribution is 2.37. The van der Waals surface area contributed by atoms with Crippen molar-refractivity contribution in [1.29, 1.82) is 0 Å². The molecule has 3 atom stereocenters. The number of hydrogen-bond acceptors (Lipinski definition) is 6. The van der Waals surface area contributed by atoms with Gasteiger partial charge in [-0.1, -0.05) is 38.1 Å². The SMILES string of the molecule is CC(C)CC(C(=O)N1CCC2C1C(=O)CN2S(=O)(=O)c1cccc[n+]1[O-])c1cccc(-c2ccncc2)c1. The van der Waals surface area contributed by atoms with Gasteiger partial charge in [-0.25, -0.2) is 8.42 Å². The third kappa shape index (κ3) is 4.69. The topological polar surface area (TPSA) is 115 Å². The maximum Gasteiger partial charge on any atom is 0.323 e. The molecule has 2 fully saturated rings. The molecule has 198 valence electrons. The molecular formula is C28H30N4O5S. The highest BCUT2D eigenvalue weighted by Gasteiger charge is 2.55. The first-order valence-corrected chi connectivity index (χ1v) is 14.2. The van der Waals surface area contributed by atoms with Gasteiger partial charge in [0.25, 0.3) is 0 Å². The first-order valence-electron chi connectivity index (χ1n) is 12.7. The Morgan fingerprint density at radius 3 is 2.58 bits per heavy atom. The second-order valence-corrected chi connectivity index (χ2v) is 12.1. The van der Waals surface area contributed by atoms with E-state index in [4.69, 9.17) is 0 Å². The lowest BCUT2D eigenvalue weighted by atomic mass is 9.87. The van der Waals surface area contributed by atoms with Crippen LogP contribution in [0.15, 0.2) is 78.2 Å². The summed E-state index contributed by atoms with van der Waals surface area (Å²) in [7, 11) is -4.21. The van der Waals surface area contributed by atoms with Gasteiger partial charge in [-0.2, -0.15) is 9.04 Å². The third-order valence-corrected chi connectivity index (χ3v) is 9.19. The number of fused-ring (bicyclic) bond motifs is 1. The van der Waals surface area contributed by atoms with E-state index in [1.54, 1.807) is 17.3 Å². The summed E-state index contributed by atoms with van der Waals surface area (Å²) in [6.45, 7) is 4.01. The maximum atomic E-state index is 14.0. The zero-order valence-corrected chi connectivity index (χ0v) is 22.1. The van der Waals surface area contributed by atoms with E-state index in [1.165, 1.54) is 18.2 Å². The molecule has 1 aromatic carbocycles. The Labute approximate surface area is 222 Å². The first kappa shape index (κ1) is 26.0. The van der Waals surface area contributed by atoms with Crippen molar-refractivity contribution in [3.63, 3.8) is 0 Å². The second kappa shape index (κ2) is 10.3. The van der Waals surface area contributed by atoms with Crippen LogP contribution in [0.1, 0.15) is 38.2 Å². The largest absolute Gasteiger partial charge is 0.618 e. The quantitative estimate of drug-likeness (QED) is 0.340. The van der Waals surface area contributed by atoms with Gasteiger partial charge in [-0.3, -0.25) is 14.6 Å². The third-order valence-electron chi connectivity index (χ3n) is 7.33. The van der Waals surface area contributed by atoms with E-state index in [9.17, 15) is 23.2 Å². The highest BCUT2D eigenvalue weighted by molar-refractivity contribution is 7.89. The van der Waals surface area contributed by atoms with Crippen LogP contribution in [0.5, 0.6) is 0 Å². The summed E-state index contributed by atoms with van der Waals surface area (Å²) in [6.07, 6.45) is 5.47. The smallest absolute Gasteiger partial charge is 0.323 e. The molecule has 0 saturated carbocycles. The lowest BCUT2D eigenvalue weighted by Gasteiger charge is -2.29. The molecule has 2 aromatic heterocycles. The standard InChI is InChI=1S/C28H30N4O5S/c1-19(2)16-23(22-7-5-6-21(17-22)20-9-12-29-13-10-20)28(34)30-15-11-24-27(30)25(33)18-32(24)38(36,37)26-8-3-4-14-31(26)35/h3-10,12-14,17,19,23-24,27H,11,15-16,18H2,1-2H3. The molecule has 9 nitrogen and oxygen atoms in total. The molecule has 10 heteroatoms. The number of carbonyl (C=O) groups excluding carboxylic acids is 2. The normalized spacial score (nSPS) is 20.6. The van der Waals surface area contributed by atoms with Crippen LogP contribution >= 0.6 is 0 Å². The molecule has 5 rings (SSSR count). The predicted molar refractivity (Wildman–Crippen MR) is 140 cm³/mol. The maximum absolute atomic E-state index is 14.0. The number of pyridine rings is 2. The minimum absolute atomic E-state index is 0.177. The van der Waals surface area contributed by atoms with Crippen molar-refractivity contribution in [3.8, 4) is 11.1 Å². The molecule has 2 aliphatic heterocycles. The van der Waals surface area contributed by atoms with Gasteiger partial charge in [-0.15, -0.1) is 0 Å². The number of amides is 1. The summed E-state index contributed by atoms with van der Waals surface area (Å²) in [5.74, 6) is -0.767. The van der Waals surface area contributed by atoms with Crippen LogP contribution < -0.4 is 4.73 Å². The summed E-state index contributed by atoms with van der Waals surface area (Å²) in [5.41, 5.74) is 2.81. The average Bonchev–Trinajstić information content (AvgIpc) is 3.49. The number of aromatic nitrogens is 2. The van der Waals surface area contributed by atoms with Crippen molar-refractivity contribution in [3.05, 3.63) is 84.0 Å². The molecule has 0 N–H and O–H groups in total. The second-order valence-electron chi connectivity index (χ2n) is 10.3. The molecule has 0 spiro atoms. The first-order chi connectivity index (χ1) is 18.2. The molecule has 1 amide bonds. The van der Waals surface area contributed by atoms with E-state index in [0.29, 0.717) is 17.6 Å². The van der Waals surface area contributed by atoms with Gasteiger partial charge in [-0.05, 0) is 53.6 Å². The van der Waals surface area contributed by atoms with Crippen LogP contribution in [-0.4, -0.2) is 59.5 Å². The van der Waals surface area contributed by atoms with Crippen molar-refractivity contribution < 1.29 is 22.7 Å². The van der Waals surface area contributed by atoms with E-state index < -0.39 is 33.1 Å². The van der Waals surface area contributed by atoms with Gasteiger partial charge < -0.3 is 10.1 Å². The van der Waals surface area contributed by atoms with Crippen molar-refractivity contribution in [2.75, 3.05) is 13.1 Å². The molecule has 3 aromatic rings. The van der Waals surface area contributed by atoms with E-state index >= 15 is 0 Å². The number of carbonyl (C=O) groups is 2. The fourth-order valence-corrected chi connectivity index (χ4v) is 7.26. The Morgan fingerprint density at radius 1 is 1.11 bits per heavy atom.